The van der Waals surface area contributed by atoms with Crippen LogP contribution in [0.15, 0.2) is 48.5 Å². The van der Waals surface area contributed by atoms with Gasteiger partial charge in [-0.15, -0.1) is 0 Å². The van der Waals surface area contributed by atoms with E-state index in [1.807, 2.05) is 18.2 Å². The fourth-order valence-corrected chi connectivity index (χ4v) is 3.91. The van der Waals surface area contributed by atoms with Crippen molar-refractivity contribution in [2.24, 2.45) is 0 Å². The first kappa shape index (κ1) is 19.0. The Morgan fingerprint density at radius 3 is 2.84 bits per heavy atom. The average Bonchev–Trinajstić information content (AvgIpc) is 2.83. The van der Waals surface area contributed by atoms with Crippen LogP contribution < -0.4 is 0 Å². The standard InChI is InChI=1S/C25H28ClN3O3/c1-17(14-16-32-22-13-7-8-15-31-22)29(2)25(30)24-27-21-12-6-4-10-19(21)23(28-24)18-9-3-5-11-20(18)26/h3-6,9-12,17,22H,7-8,13-16H2,1-2H3/t17-,22?/m1/s1/i2D3. The van der Waals surface area contributed by atoms with Crippen LogP contribution in [0.1, 0.15) is 47.3 Å². The number of nitrogens with zero attached hydrogens (tertiary/aromatic N) is 3. The monoisotopic (exact) mass is 456 g/mol. The summed E-state index contributed by atoms with van der Waals surface area (Å²) in [4.78, 5) is 23.3. The summed E-state index contributed by atoms with van der Waals surface area (Å²) in [5, 5.41) is 1.18. The smallest absolute Gasteiger partial charge is 0.291 e. The van der Waals surface area contributed by atoms with E-state index in [1.165, 1.54) is 0 Å². The zero-order chi connectivity index (χ0) is 25.0. The molecule has 1 aliphatic heterocycles. The lowest BCUT2D eigenvalue weighted by Gasteiger charge is -2.27. The molecular formula is C25H28ClN3O3. The van der Waals surface area contributed by atoms with Crippen LogP contribution in [0.5, 0.6) is 0 Å². The zero-order valence-electron chi connectivity index (χ0n) is 21.0. The molecule has 1 aromatic heterocycles. The molecule has 1 fully saturated rings. The average molecular weight is 457 g/mol. The van der Waals surface area contributed by atoms with Crippen LogP contribution in [0.25, 0.3) is 22.2 Å². The van der Waals surface area contributed by atoms with Crippen LogP contribution in [0.2, 0.25) is 5.02 Å². The summed E-state index contributed by atoms with van der Waals surface area (Å²) in [7, 11) is 0. The summed E-state index contributed by atoms with van der Waals surface area (Å²) < 4.78 is 35.5. The Morgan fingerprint density at radius 2 is 2.06 bits per heavy atom. The molecule has 2 atom stereocenters. The number of para-hydroxylation sites is 1. The topological polar surface area (TPSA) is 64.6 Å². The molecule has 6 nitrogen and oxygen atoms in total. The summed E-state index contributed by atoms with van der Waals surface area (Å²) in [5.74, 6) is -0.969. The van der Waals surface area contributed by atoms with Gasteiger partial charge in [0.15, 0.2) is 6.29 Å². The molecule has 32 heavy (non-hydrogen) atoms. The number of carbonyl (C=O) groups is 1. The lowest BCUT2D eigenvalue weighted by molar-refractivity contribution is -0.163. The highest BCUT2D eigenvalue weighted by Crippen LogP contribution is 2.31. The van der Waals surface area contributed by atoms with Crippen molar-refractivity contribution in [3.8, 4) is 11.3 Å². The maximum absolute atomic E-state index is 13.6. The molecular weight excluding hydrogens is 426 g/mol. The number of amides is 1. The summed E-state index contributed by atoms with van der Waals surface area (Å²) in [5.41, 5.74) is 1.63. The van der Waals surface area contributed by atoms with E-state index in [-0.39, 0.29) is 18.7 Å². The number of halogens is 1. The Labute approximate surface area is 197 Å². The Balaban J connectivity index is 1.63. The van der Waals surface area contributed by atoms with E-state index < -0.39 is 18.9 Å². The SMILES string of the molecule is [2H]C([2H])([2H])N(C(=O)c1nc(-c2ccccc2Cl)c2ccccc2n1)[C@H](C)CCOC1CCCCO1. The van der Waals surface area contributed by atoms with Crippen molar-refractivity contribution < 1.29 is 18.4 Å². The van der Waals surface area contributed by atoms with E-state index in [0.717, 1.165) is 24.2 Å². The summed E-state index contributed by atoms with van der Waals surface area (Å²) in [6.07, 6.45) is 2.91. The quantitative estimate of drug-likeness (QED) is 0.479. The fourth-order valence-electron chi connectivity index (χ4n) is 3.68. The molecule has 3 aromatic rings. The van der Waals surface area contributed by atoms with Crippen LogP contribution in [-0.4, -0.2) is 53.3 Å². The molecule has 0 bridgehead atoms. The van der Waals surface area contributed by atoms with Gasteiger partial charge in [-0.25, -0.2) is 9.97 Å². The highest BCUT2D eigenvalue weighted by atomic mass is 35.5. The minimum absolute atomic E-state index is 0.196. The predicted octanol–water partition coefficient (Wildman–Crippen LogP) is 5.34. The van der Waals surface area contributed by atoms with Gasteiger partial charge in [0, 0.05) is 39.7 Å². The van der Waals surface area contributed by atoms with E-state index in [2.05, 4.69) is 9.97 Å². The van der Waals surface area contributed by atoms with Gasteiger partial charge in [-0.1, -0.05) is 48.0 Å². The molecule has 0 radical (unpaired) electrons. The molecule has 1 saturated heterocycles. The van der Waals surface area contributed by atoms with E-state index in [0.29, 0.717) is 40.2 Å². The van der Waals surface area contributed by atoms with Crippen molar-refractivity contribution in [3.63, 3.8) is 0 Å². The molecule has 7 heteroatoms. The number of rotatable bonds is 7. The van der Waals surface area contributed by atoms with Crippen molar-refractivity contribution in [1.29, 1.82) is 0 Å². The highest BCUT2D eigenvalue weighted by Gasteiger charge is 2.23. The Morgan fingerprint density at radius 1 is 1.25 bits per heavy atom. The lowest BCUT2D eigenvalue weighted by Crippen LogP contribution is -2.37. The van der Waals surface area contributed by atoms with Gasteiger partial charge in [-0.2, -0.15) is 0 Å². The van der Waals surface area contributed by atoms with E-state index >= 15 is 0 Å². The lowest BCUT2D eigenvalue weighted by atomic mass is 10.1. The molecule has 0 aliphatic carbocycles. The Hall–Kier alpha value is -2.54. The van der Waals surface area contributed by atoms with Crippen LogP contribution in [0.3, 0.4) is 0 Å². The van der Waals surface area contributed by atoms with Crippen molar-refractivity contribution in [1.82, 2.24) is 14.9 Å². The van der Waals surface area contributed by atoms with E-state index in [1.54, 1.807) is 37.3 Å². The molecule has 1 unspecified atom stereocenters. The third kappa shape index (κ3) is 5.09. The number of hydrogen-bond donors (Lipinski definition) is 0. The van der Waals surface area contributed by atoms with Gasteiger partial charge in [0.1, 0.15) is 0 Å². The predicted molar refractivity (Wildman–Crippen MR) is 126 cm³/mol. The minimum Gasteiger partial charge on any atom is -0.353 e. The number of fused-ring (bicyclic) bond motifs is 1. The van der Waals surface area contributed by atoms with Crippen molar-refractivity contribution in [2.75, 3.05) is 20.2 Å². The molecule has 1 amide bonds. The molecule has 2 aromatic carbocycles. The van der Waals surface area contributed by atoms with Gasteiger partial charge in [-0.3, -0.25) is 4.79 Å². The van der Waals surface area contributed by atoms with Crippen LogP contribution >= 0.6 is 11.6 Å². The van der Waals surface area contributed by atoms with Crippen molar-refractivity contribution >= 4 is 28.4 Å². The normalized spacial score (nSPS) is 19.1. The number of hydrogen-bond acceptors (Lipinski definition) is 5. The van der Waals surface area contributed by atoms with Gasteiger partial charge < -0.3 is 14.4 Å². The van der Waals surface area contributed by atoms with Crippen LogP contribution in [0, 0.1) is 0 Å². The summed E-state index contributed by atoms with van der Waals surface area (Å²) in [6.45, 7) is -0.0644. The third-order valence-electron chi connectivity index (χ3n) is 5.56. The molecule has 4 rings (SSSR count). The first-order chi connectivity index (χ1) is 16.8. The van der Waals surface area contributed by atoms with Crippen molar-refractivity contribution in [2.45, 2.75) is 44.9 Å². The third-order valence-corrected chi connectivity index (χ3v) is 5.89. The summed E-state index contributed by atoms with van der Waals surface area (Å²) in [6, 6.07) is 13.8. The molecule has 0 N–H and O–H groups in total. The van der Waals surface area contributed by atoms with E-state index in [9.17, 15) is 4.79 Å². The molecule has 168 valence electrons. The Bertz CT molecular complexity index is 1190. The largest absolute Gasteiger partial charge is 0.353 e. The van der Waals surface area contributed by atoms with Gasteiger partial charge in [0.2, 0.25) is 5.82 Å². The maximum atomic E-state index is 13.6. The molecule has 2 heterocycles. The first-order valence-electron chi connectivity index (χ1n) is 12.3. The highest BCUT2D eigenvalue weighted by molar-refractivity contribution is 6.33. The van der Waals surface area contributed by atoms with Crippen LogP contribution in [-0.2, 0) is 9.47 Å². The second-order valence-corrected chi connectivity index (χ2v) is 8.28. The number of carbonyl (C=O) groups excluding carboxylic acids is 1. The second kappa shape index (κ2) is 10.4. The molecule has 0 saturated carbocycles. The maximum Gasteiger partial charge on any atom is 0.291 e. The summed E-state index contributed by atoms with van der Waals surface area (Å²) >= 11 is 6.43. The van der Waals surface area contributed by atoms with Gasteiger partial charge in [0.05, 0.1) is 17.8 Å². The molecule has 1 aliphatic rings. The van der Waals surface area contributed by atoms with E-state index in [4.69, 9.17) is 25.2 Å². The minimum atomic E-state index is -2.68. The number of benzene rings is 2. The Kier molecular flexibility index (Phi) is 6.16. The second-order valence-electron chi connectivity index (χ2n) is 7.87. The fraction of sp³-hybridized carbons (Fsp3) is 0.400. The number of ether oxygens (including phenoxy) is 2. The zero-order valence-corrected chi connectivity index (χ0v) is 18.7. The first-order valence-corrected chi connectivity index (χ1v) is 11.2. The molecule has 0 spiro atoms. The number of aromatic nitrogens is 2. The van der Waals surface area contributed by atoms with Gasteiger partial charge in [0.25, 0.3) is 5.91 Å². The van der Waals surface area contributed by atoms with Crippen molar-refractivity contribution in [3.05, 3.63) is 59.4 Å². The van der Waals surface area contributed by atoms with Gasteiger partial charge in [-0.05, 0) is 44.7 Å². The van der Waals surface area contributed by atoms with Gasteiger partial charge >= 0.3 is 0 Å². The van der Waals surface area contributed by atoms with Crippen LogP contribution in [0.4, 0.5) is 0 Å².